The molecule has 0 aromatic carbocycles. The lowest BCUT2D eigenvalue weighted by Gasteiger charge is -2.33. The Hall–Kier alpha value is 0.210. The molecule has 0 bridgehead atoms. The SMILES string of the molecule is CC1(C)CCC(NN)CC1.Cl. The molecule has 3 heteroatoms. The van der Waals surface area contributed by atoms with E-state index < -0.39 is 0 Å². The molecule has 0 spiro atoms. The van der Waals surface area contributed by atoms with Gasteiger partial charge >= 0.3 is 0 Å². The van der Waals surface area contributed by atoms with E-state index in [4.69, 9.17) is 5.84 Å². The third kappa shape index (κ3) is 3.41. The summed E-state index contributed by atoms with van der Waals surface area (Å²) in [5.41, 5.74) is 3.40. The quantitative estimate of drug-likeness (QED) is 0.475. The standard InChI is InChI=1S/C8H18N2.ClH/c1-8(2)5-3-7(10-9)4-6-8;/h7,10H,3-6,9H2,1-2H3;1H. The van der Waals surface area contributed by atoms with Crippen molar-refractivity contribution in [3.63, 3.8) is 0 Å². The minimum absolute atomic E-state index is 0. The van der Waals surface area contributed by atoms with Crippen molar-refractivity contribution >= 4 is 12.4 Å². The Kier molecular flexibility index (Phi) is 4.37. The summed E-state index contributed by atoms with van der Waals surface area (Å²) in [6.45, 7) is 4.67. The first kappa shape index (κ1) is 11.2. The van der Waals surface area contributed by atoms with Gasteiger partial charge in [0, 0.05) is 6.04 Å². The molecule has 0 aromatic rings. The molecule has 1 aliphatic rings. The fraction of sp³-hybridized carbons (Fsp3) is 1.00. The first-order chi connectivity index (χ1) is 4.64. The van der Waals surface area contributed by atoms with Crippen molar-refractivity contribution in [3.8, 4) is 0 Å². The van der Waals surface area contributed by atoms with Crippen LogP contribution >= 0.6 is 12.4 Å². The van der Waals surface area contributed by atoms with Crippen LogP contribution in [0.15, 0.2) is 0 Å². The van der Waals surface area contributed by atoms with E-state index in [0.29, 0.717) is 11.5 Å². The second-order valence-corrected chi connectivity index (χ2v) is 4.11. The minimum Gasteiger partial charge on any atom is -0.271 e. The van der Waals surface area contributed by atoms with Gasteiger partial charge in [0.1, 0.15) is 0 Å². The zero-order chi connectivity index (χ0) is 7.61. The minimum atomic E-state index is 0. The maximum absolute atomic E-state index is 5.34. The van der Waals surface area contributed by atoms with Gasteiger partial charge in [-0.15, -0.1) is 12.4 Å². The van der Waals surface area contributed by atoms with E-state index >= 15 is 0 Å². The van der Waals surface area contributed by atoms with Gasteiger partial charge in [0.05, 0.1) is 0 Å². The van der Waals surface area contributed by atoms with E-state index in [2.05, 4.69) is 19.3 Å². The molecule has 1 rings (SSSR count). The second kappa shape index (κ2) is 4.29. The lowest BCUT2D eigenvalue weighted by molar-refractivity contribution is 0.207. The van der Waals surface area contributed by atoms with E-state index in [0.717, 1.165) is 0 Å². The van der Waals surface area contributed by atoms with Crippen molar-refractivity contribution in [1.82, 2.24) is 5.43 Å². The highest BCUT2D eigenvalue weighted by molar-refractivity contribution is 5.85. The van der Waals surface area contributed by atoms with Crippen LogP contribution in [0.2, 0.25) is 0 Å². The third-order valence-electron chi connectivity index (χ3n) is 2.57. The average Bonchev–Trinajstić information content (AvgIpc) is 1.88. The number of hydrogen-bond acceptors (Lipinski definition) is 2. The van der Waals surface area contributed by atoms with Crippen molar-refractivity contribution < 1.29 is 0 Å². The molecule has 11 heavy (non-hydrogen) atoms. The molecule has 3 N–H and O–H groups in total. The van der Waals surface area contributed by atoms with Crippen LogP contribution in [0, 0.1) is 5.41 Å². The topological polar surface area (TPSA) is 38.0 Å². The van der Waals surface area contributed by atoms with Crippen molar-refractivity contribution in [2.75, 3.05) is 0 Å². The normalized spacial score (nSPS) is 24.3. The predicted octanol–water partition coefficient (Wildman–Crippen LogP) is 1.84. The highest BCUT2D eigenvalue weighted by atomic mass is 35.5. The van der Waals surface area contributed by atoms with Crippen molar-refractivity contribution in [2.45, 2.75) is 45.6 Å². The molecular formula is C8H19ClN2. The molecule has 2 nitrogen and oxygen atoms in total. The van der Waals surface area contributed by atoms with Crippen LogP contribution in [0.4, 0.5) is 0 Å². The molecule has 0 aromatic heterocycles. The number of nitrogens with one attached hydrogen (secondary N) is 1. The lowest BCUT2D eigenvalue weighted by atomic mass is 9.76. The van der Waals surface area contributed by atoms with Gasteiger partial charge in [-0.1, -0.05) is 13.8 Å². The van der Waals surface area contributed by atoms with Crippen molar-refractivity contribution in [3.05, 3.63) is 0 Å². The van der Waals surface area contributed by atoms with Crippen molar-refractivity contribution in [1.29, 1.82) is 0 Å². The first-order valence-electron chi connectivity index (χ1n) is 4.10. The van der Waals surface area contributed by atoms with Gasteiger partial charge in [0.2, 0.25) is 0 Å². The van der Waals surface area contributed by atoms with Gasteiger partial charge < -0.3 is 0 Å². The molecule has 0 unspecified atom stereocenters. The molecule has 1 saturated carbocycles. The summed E-state index contributed by atoms with van der Waals surface area (Å²) in [6.07, 6.45) is 5.09. The van der Waals surface area contributed by atoms with Crippen LogP contribution in [0.3, 0.4) is 0 Å². The summed E-state index contributed by atoms with van der Waals surface area (Å²) < 4.78 is 0. The maximum atomic E-state index is 5.34. The molecule has 0 amide bonds. The number of hydrogen-bond donors (Lipinski definition) is 2. The summed E-state index contributed by atoms with van der Waals surface area (Å²) in [4.78, 5) is 0. The summed E-state index contributed by atoms with van der Waals surface area (Å²) in [6, 6.07) is 0.577. The Morgan fingerprint density at radius 1 is 1.27 bits per heavy atom. The van der Waals surface area contributed by atoms with E-state index in [1.807, 2.05) is 0 Å². The van der Waals surface area contributed by atoms with E-state index in [1.165, 1.54) is 25.7 Å². The van der Waals surface area contributed by atoms with Crippen LogP contribution < -0.4 is 11.3 Å². The fourth-order valence-corrected chi connectivity index (χ4v) is 1.57. The highest BCUT2D eigenvalue weighted by Gasteiger charge is 2.25. The van der Waals surface area contributed by atoms with Gasteiger partial charge in [-0.05, 0) is 31.1 Å². The van der Waals surface area contributed by atoms with Crippen LogP contribution in [0.25, 0.3) is 0 Å². The number of hydrazine groups is 1. The molecule has 0 heterocycles. The molecule has 0 atom stereocenters. The summed E-state index contributed by atoms with van der Waals surface area (Å²) in [5.74, 6) is 5.34. The fourth-order valence-electron chi connectivity index (χ4n) is 1.57. The molecule has 0 radical (unpaired) electrons. The Balaban J connectivity index is 0.000001000. The zero-order valence-corrected chi connectivity index (χ0v) is 8.21. The lowest BCUT2D eigenvalue weighted by Crippen LogP contribution is -2.39. The van der Waals surface area contributed by atoms with Crippen molar-refractivity contribution in [2.24, 2.45) is 11.3 Å². The first-order valence-corrected chi connectivity index (χ1v) is 4.10. The van der Waals surface area contributed by atoms with Gasteiger partial charge in [-0.2, -0.15) is 0 Å². The summed E-state index contributed by atoms with van der Waals surface area (Å²) >= 11 is 0. The molecule has 1 aliphatic carbocycles. The van der Waals surface area contributed by atoms with Crippen LogP contribution in [-0.4, -0.2) is 6.04 Å². The zero-order valence-electron chi connectivity index (χ0n) is 7.39. The maximum Gasteiger partial charge on any atom is 0.0210 e. The summed E-state index contributed by atoms with van der Waals surface area (Å²) in [5, 5.41) is 0. The molecule has 68 valence electrons. The molecule has 0 aliphatic heterocycles. The van der Waals surface area contributed by atoms with E-state index in [1.54, 1.807) is 0 Å². The largest absolute Gasteiger partial charge is 0.271 e. The van der Waals surface area contributed by atoms with Crippen LogP contribution in [0.5, 0.6) is 0 Å². The van der Waals surface area contributed by atoms with Gasteiger partial charge in [-0.25, -0.2) is 0 Å². The smallest absolute Gasteiger partial charge is 0.0210 e. The molecule has 1 fully saturated rings. The number of rotatable bonds is 1. The third-order valence-corrected chi connectivity index (χ3v) is 2.57. The monoisotopic (exact) mass is 178 g/mol. The molecule has 0 saturated heterocycles. The average molecular weight is 179 g/mol. The number of nitrogens with two attached hydrogens (primary N) is 1. The Morgan fingerprint density at radius 3 is 2.09 bits per heavy atom. The second-order valence-electron chi connectivity index (χ2n) is 4.11. The van der Waals surface area contributed by atoms with Crippen LogP contribution in [-0.2, 0) is 0 Å². The Morgan fingerprint density at radius 2 is 1.73 bits per heavy atom. The summed E-state index contributed by atoms with van der Waals surface area (Å²) in [7, 11) is 0. The Labute approximate surface area is 75.3 Å². The van der Waals surface area contributed by atoms with Gasteiger partial charge in [-0.3, -0.25) is 11.3 Å². The predicted molar refractivity (Wildman–Crippen MR) is 50.6 cm³/mol. The van der Waals surface area contributed by atoms with Crippen LogP contribution in [0.1, 0.15) is 39.5 Å². The van der Waals surface area contributed by atoms with Gasteiger partial charge in [0.15, 0.2) is 0 Å². The van der Waals surface area contributed by atoms with E-state index in [9.17, 15) is 0 Å². The Bertz CT molecular complexity index is 105. The number of halogens is 1. The van der Waals surface area contributed by atoms with E-state index in [-0.39, 0.29) is 12.4 Å². The van der Waals surface area contributed by atoms with Gasteiger partial charge in [0.25, 0.3) is 0 Å². The molecular weight excluding hydrogens is 160 g/mol. The highest BCUT2D eigenvalue weighted by Crippen LogP contribution is 2.34.